The third kappa shape index (κ3) is 3.28. The molecule has 2 aliphatic rings. The van der Waals surface area contributed by atoms with Crippen molar-refractivity contribution in [3.63, 3.8) is 0 Å². The molecule has 2 N–H and O–H groups in total. The number of hydrogen-bond donors (Lipinski definition) is 1. The number of nitrogens with zero attached hydrogens (tertiary/aromatic N) is 1. The zero-order valence-corrected chi connectivity index (χ0v) is 12.5. The van der Waals surface area contributed by atoms with Crippen LogP contribution in [0.15, 0.2) is 24.3 Å². The van der Waals surface area contributed by atoms with Gasteiger partial charge in [0.05, 0.1) is 6.54 Å². The first-order chi connectivity index (χ1) is 10.2. The summed E-state index contributed by atoms with van der Waals surface area (Å²) in [7, 11) is 1.91. The molecule has 1 aromatic rings. The van der Waals surface area contributed by atoms with Crippen LogP contribution in [-0.4, -0.2) is 24.4 Å². The van der Waals surface area contributed by atoms with Crippen LogP contribution in [0.3, 0.4) is 0 Å². The number of rotatable bonds is 3. The fraction of sp³-hybridized carbons (Fsp3) is 0.500. The average Bonchev–Trinajstić information content (AvgIpc) is 3.11. The number of nitrogens with two attached hydrogens (primary N) is 1. The zero-order valence-electron chi connectivity index (χ0n) is 12.5. The molecular weight excluding hydrogens is 260 g/mol. The molecule has 3 rings (SSSR count). The van der Waals surface area contributed by atoms with Gasteiger partial charge in [-0.1, -0.05) is 24.0 Å². The molecule has 1 amide bonds. The molecule has 2 atom stereocenters. The van der Waals surface area contributed by atoms with E-state index < -0.39 is 0 Å². The van der Waals surface area contributed by atoms with Gasteiger partial charge in [-0.3, -0.25) is 4.79 Å². The Morgan fingerprint density at radius 3 is 2.52 bits per heavy atom. The molecule has 0 bridgehead atoms. The van der Waals surface area contributed by atoms with E-state index in [1.807, 2.05) is 36.2 Å². The number of hydrogen-bond acceptors (Lipinski definition) is 2. The molecule has 2 aliphatic carbocycles. The molecule has 3 heteroatoms. The summed E-state index contributed by atoms with van der Waals surface area (Å²) in [6.45, 7) is 1.05. The monoisotopic (exact) mass is 282 g/mol. The van der Waals surface area contributed by atoms with E-state index in [0.717, 1.165) is 35.8 Å². The Morgan fingerprint density at radius 2 is 1.90 bits per heavy atom. The summed E-state index contributed by atoms with van der Waals surface area (Å²) in [4.78, 5) is 14.3. The van der Waals surface area contributed by atoms with Crippen LogP contribution in [0.1, 0.15) is 30.4 Å². The summed E-state index contributed by atoms with van der Waals surface area (Å²) < 4.78 is 0. The lowest BCUT2D eigenvalue weighted by atomic mass is 10.0. The molecule has 3 nitrogen and oxygen atoms in total. The lowest BCUT2D eigenvalue weighted by molar-refractivity contribution is -0.134. The van der Waals surface area contributed by atoms with Gasteiger partial charge in [0.25, 0.3) is 0 Å². The molecule has 0 aromatic heterocycles. The Kier molecular flexibility index (Phi) is 3.98. The number of benzene rings is 1. The second-order valence-electron chi connectivity index (χ2n) is 6.32. The summed E-state index contributed by atoms with van der Waals surface area (Å²) >= 11 is 0. The van der Waals surface area contributed by atoms with Crippen molar-refractivity contribution >= 4 is 5.91 Å². The van der Waals surface area contributed by atoms with Crippen LogP contribution in [0.5, 0.6) is 0 Å². The largest absolute Gasteiger partial charge is 0.341 e. The minimum absolute atomic E-state index is 0.272. The van der Waals surface area contributed by atoms with Gasteiger partial charge in [-0.15, -0.1) is 0 Å². The summed E-state index contributed by atoms with van der Waals surface area (Å²) in [5.74, 6) is 8.14. The van der Waals surface area contributed by atoms with Crippen LogP contribution in [0.2, 0.25) is 0 Å². The highest BCUT2D eigenvalue weighted by Crippen LogP contribution is 2.54. The number of carbonyl (C=O) groups is 1. The average molecular weight is 282 g/mol. The minimum Gasteiger partial charge on any atom is -0.341 e. The Labute approximate surface area is 126 Å². The van der Waals surface area contributed by atoms with Crippen LogP contribution < -0.4 is 5.73 Å². The normalized spacial score (nSPS) is 25.7. The topological polar surface area (TPSA) is 46.3 Å². The van der Waals surface area contributed by atoms with E-state index in [-0.39, 0.29) is 5.92 Å². The fourth-order valence-electron chi connectivity index (χ4n) is 3.43. The smallest absolute Gasteiger partial charge is 0.225 e. The molecule has 0 saturated heterocycles. The molecule has 21 heavy (non-hydrogen) atoms. The number of carbonyl (C=O) groups excluding carboxylic acids is 1. The molecule has 0 aliphatic heterocycles. The third-order valence-electron chi connectivity index (χ3n) is 4.68. The van der Waals surface area contributed by atoms with Gasteiger partial charge in [0.2, 0.25) is 5.91 Å². The fourth-order valence-corrected chi connectivity index (χ4v) is 3.43. The van der Waals surface area contributed by atoms with E-state index in [2.05, 4.69) is 11.8 Å². The Bertz CT molecular complexity index is 571. The molecule has 0 spiro atoms. The van der Waals surface area contributed by atoms with Gasteiger partial charge in [-0.2, -0.15) is 0 Å². The van der Waals surface area contributed by atoms with Crippen molar-refractivity contribution in [1.82, 2.24) is 4.90 Å². The number of fused-ring (bicyclic) bond motifs is 1. The molecule has 0 radical (unpaired) electrons. The Balaban J connectivity index is 1.56. The van der Waals surface area contributed by atoms with Gasteiger partial charge < -0.3 is 10.6 Å². The van der Waals surface area contributed by atoms with E-state index in [0.29, 0.717) is 19.0 Å². The van der Waals surface area contributed by atoms with Crippen molar-refractivity contribution in [3.05, 3.63) is 35.4 Å². The maximum atomic E-state index is 12.4. The second-order valence-corrected chi connectivity index (χ2v) is 6.32. The van der Waals surface area contributed by atoms with Gasteiger partial charge >= 0.3 is 0 Å². The molecular formula is C18H22N2O. The van der Waals surface area contributed by atoms with E-state index >= 15 is 0 Å². The molecule has 2 saturated carbocycles. The summed E-state index contributed by atoms with van der Waals surface area (Å²) in [6.07, 6.45) is 3.59. The van der Waals surface area contributed by atoms with Crippen LogP contribution >= 0.6 is 0 Å². The van der Waals surface area contributed by atoms with E-state index in [4.69, 9.17) is 5.73 Å². The lowest BCUT2D eigenvalue weighted by Gasteiger charge is -2.22. The van der Waals surface area contributed by atoms with Crippen molar-refractivity contribution in [2.45, 2.75) is 25.8 Å². The maximum Gasteiger partial charge on any atom is 0.225 e. The molecule has 0 heterocycles. The molecule has 2 fully saturated rings. The van der Waals surface area contributed by atoms with E-state index in [1.165, 1.54) is 6.42 Å². The van der Waals surface area contributed by atoms with Gasteiger partial charge in [-0.25, -0.2) is 0 Å². The van der Waals surface area contributed by atoms with Crippen molar-refractivity contribution in [3.8, 4) is 11.8 Å². The molecule has 2 unspecified atom stereocenters. The summed E-state index contributed by atoms with van der Waals surface area (Å²) in [5, 5.41) is 0. The predicted molar refractivity (Wildman–Crippen MR) is 83.2 cm³/mol. The lowest BCUT2D eigenvalue weighted by Crippen LogP contribution is -2.31. The summed E-state index contributed by atoms with van der Waals surface area (Å²) in [5.41, 5.74) is 7.47. The Morgan fingerprint density at radius 1 is 1.24 bits per heavy atom. The first kappa shape index (κ1) is 14.2. The van der Waals surface area contributed by atoms with E-state index in [1.54, 1.807) is 0 Å². The van der Waals surface area contributed by atoms with Gasteiger partial charge in [0, 0.05) is 25.1 Å². The molecule has 110 valence electrons. The quantitative estimate of drug-likeness (QED) is 0.862. The van der Waals surface area contributed by atoms with Gasteiger partial charge in [0.15, 0.2) is 0 Å². The first-order valence-corrected chi connectivity index (χ1v) is 7.70. The first-order valence-electron chi connectivity index (χ1n) is 7.70. The standard InChI is InChI=1S/C18H22N2O/c1-20(18(21)17-10-15-9-16(15)11-17)12-14-6-4-13(5-7-14)3-2-8-19/h4-7,15-17H,8-12,19H2,1H3. The van der Waals surface area contributed by atoms with Crippen molar-refractivity contribution < 1.29 is 4.79 Å². The summed E-state index contributed by atoms with van der Waals surface area (Å²) in [6, 6.07) is 8.05. The predicted octanol–water partition coefficient (Wildman–Crippen LogP) is 2.00. The van der Waals surface area contributed by atoms with Gasteiger partial charge in [0.1, 0.15) is 0 Å². The second kappa shape index (κ2) is 5.91. The maximum absolute atomic E-state index is 12.4. The highest BCUT2D eigenvalue weighted by Gasteiger charge is 2.48. The number of amides is 1. The van der Waals surface area contributed by atoms with Crippen LogP contribution in [-0.2, 0) is 11.3 Å². The van der Waals surface area contributed by atoms with Crippen LogP contribution in [0.25, 0.3) is 0 Å². The van der Waals surface area contributed by atoms with Crippen LogP contribution in [0, 0.1) is 29.6 Å². The van der Waals surface area contributed by atoms with Crippen molar-refractivity contribution in [2.24, 2.45) is 23.5 Å². The minimum atomic E-state index is 0.272. The van der Waals surface area contributed by atoms with Gasteiger partial charge in [-0.05, 0) is 48.8 Å². The highest BCUT2D eigenvalue weighted by atomic mass is 16.2. The van der Waals surface area contributed by atoms with Crippen molar-refractivity contribution in [2.75, 3.05) is 13.6 Å². The van der Waals surface area contributed by atoms with E-state index in [9.17, 15) is 4.79 Å². The SMILES string of the molecule is CN(Cc1ccc(C#CCN)cc1)C(=O)C1CC2CC2C1. The third-order valence-corrected chi connectivity index (χ3v) is 4.68. The molecule has 1 aromatic carbocycles. The zero-order chi connectivity index (χ0) is 14.8. The highest BCUT2D eigenvalue weighted by molar-refractivity contribution is 5.79. The Hall–Kier alpha value is -1.79. The van der Waals surface area contributed by atoms with Crippen molar-refractivity contribution in [1.29, 1.82) is 0 Å². The van der Waals surface area contributed by atoms with Crippen LogP contribution in [0.4, 0.5) is 0 Å².